The summed E-state index contributed by atoms with van der Waals surface area (Å²) >= 11 is 0. The van der Waals surface area contributed by atoms with Crippen LogP contribution in [0.2, 0.25) is 0 Å². The molecule has 1 fully saturated rings. The van der Waals surface area contributed by atoms with E-state index in [2.05, 4.69) is 10.6 Å². The molecule has 120 valence electrons. The molecule has 0 aliphatic carbocycles. The molecule has 0 radical (unpaired) electrons. The highest BCUT2D eigenvalue weighted by Gasteiger charge is 2.34. The zero-order valence-corrected chi connectivity index (χ0v) is 12.5. The molecular formula is C15H19F2N3O2. The van der Waals surface area contributed by atoms with Crippen molar-refractivity contribution >= 4 is 17.6 Å². The van der Waals surface area contributed by atoms with Gasteiger partial charge in [-0.3, -0.25) is 4.79 Å². The lowest BCUT2D eigenvalue weighted by molar-refractivity contribution is -0.125. The standard InChI is InChI=1S/C15H19F2N3O2/c1-9(2)18-14(21)13-4-3-7-20(13)15(22)19-12-6-5-10(16)8-11(12)17/h5-6,8-9,13H,3-4,7H2,1-2H3,(H,18,21)(H,19,22)/t13-/m0/s1. The summed E-state index contributed by atoms with van der Waals surface area (Å²) in [6.07, 6.45) is 1.27. The molecule has 1 aliphatic heterocycles. The number of carbonyl (C=O) groups is 2. The van der Waals surface area contributed by atoms with Gasteiger partial charge in [-0.1, -0.05) is 0 Å². The van der Waals surface area contributed by atoms with Gasteiger partial charge in [0.15, 0.2) is 0 Å². The van der Waals surface area contributed by atoms with Crippen LogP contribution in [0.5, 0.6) is 0 Å². The smallest absolute Gasteiger partial charge is 0.322 e. The summed E-state index contributed by atoms with van der Waals surface area (Å²) in [6, 6.07) is 1.76. The van der Waals surface area contributed by atoms with Crippen LogP contribution in [0.25, 0.3) is 0 Å². The zero-order valence-electron chi connectivity index (χ0n) is 12.5. The molecule has 1 heterocycles. The van der Waals surface area contributed by atoms with Gasteiger partial charge in [0.2, 0.25) is 5.91 Å². The Balaban J connectivity index is 2.06. The van der Waals surface area contributed by atoms with Crippen molar-refractivity contribution in [1.82, 2.24) is 10.2 Å². The van der Waals surface area contributed by atoms with Crippen LogP contribution in [0, 0.1) is 11.6 Å². The Morgan fingerprint density at radius 1 is 1.32 bits per heavy atom. The van der Waals surface area contributed by atoms with E-state index < -0.39 is 23.7 Å². The molecule has 5 nitrogen and oxygen atoms in total. The molecule has 1 aromatic rings. The zero-order chi connectivity index (χ0) is 16.3. The van der Waals surface area contributed by atoms with E-state index in [9.17, 15) is 18.4 Å². The van der Waals surface area contributed by atoms with E-state index in [1.165, 1.54) is 4.90 Å². The maximum atomic E-state index is 13.6. The molecule has 1 atom stereocenters. The Kier molecular flexibility index (Phi) is 4.95. The number of carbonyl (C=O) groups excluding carboxylic acids is 2. The first-order chi connectivity index (χ1) is 10.4. The van der Waals surface area contributed by atoms with Crippen LogP contribution >= 0.6 is 0 Å². The number of nitrogens with zero attached hydrogens (tertiary/aromatic N) is 1. The van der Waals surface area contributed by atoms with Crippen LogP contribution < -0.4 is 10.6 Å². The summed E-state index contributed by atoms with van der Waals surface area (Å²) in [5, 5.41) is 5.15. The van der Waals surface area contributed by atoms with E-state index in [0.29, 0.717) is 25.5 Å². The van der Waals surface area contributed by atoms with Crippen molar-refractivity contribution in [2.24, 2.45) is 0 Å². The van der Waals surface area contributed by atoms with Crippen LogP contribution in [0.15, 0.2) is 18.2 Å². The Bertz CT molecular complexity index is 578. The summed E-state index contributed by atoms with van der Waals surface area (Å²) in [5.74, 6) is -1.79. The van der Waals surface area contributed by atoms with Crippen molar-refractivity contribution in [1.29, 1.82) is 0 Å². The summed E-state index contributed by atoms with van der Waals surface area (Å²) in [4.78, 5) is 25.7. The number of halogens is 2. The van der Waals surface area contributed by atoms with Gasteiger partial charge in [0.05, 0.1) is 5.69 Å². The molecule has 3 amide bonds. The third-order valence-corrected chi connectivity index (χ3v) is 3.42. The highest BCUT2D eigenvalue weighted by Crippen LogP contribution is 2.21. The number of anilines is 1. The fourth-order valence-corrected chi connectivity index (χ4v) is 2.44. The molecule has 1 saturated heterocycles. The average Bonchev–Trinajstić information content (AvgIpc) is 2.90. The number of hydrogen-bond acceptors (Lipinski definition) is 2. The van der Waals surface area contributed by atoms with E-state index in [1.54, 1.807) is 0 Å². The van der Waals surface area contributed by atoms with E-state index in [1.807, 2.05) is 13.8 Å². The van der Waals surface area contributed by atoms with Gasteiger partial charge < -0.3 is 15.5 Å². The quantitative estimate of drug-likeness (QED) is 0.901. The first-order valence-electron chi connectivity index (χ1n) is 7.21. The molecule has 0 spiro atoms. The van der Waals surface area contributed by atoms with Crippen molar-refractivity contribution < 1.29 is 18.4 Å². The Morgan fingerprint density at radius 2 is 2.05 bits per heavy atom. The maximum absolute atomic E-state index is 13.6. The number of amides is 3. The minimum absolute atomic E-state index is 0.0208. The minimum Gasteiger partial charge on any atom is -0.352 e. The van der Waals surface area contributed by atoms with Gasteiger partial charge in [-0.05, 0) is 38.8 Å². The largest absolute Gasteiger partial charge is 0.352 e. The molecular weight excluding hydrogens is 292 g/mol. The first-order valence-corrected chi connectivity index (χ1v) is 7.21. The van der Waals surface area contributed by atoms with Crippen LogP contribution in [0.3, 0.4) is 0 Å². The van der Waals surface area contributed by atoms with E-state index >= 15 is 0 Å². The number of benzene rings is 1. The Hall–Kier alpha value is -2.18. The molecule has 2 rings (SSSR count). The summed E-state index contributed by atoms with van der Waals surface area (Å²) < 4.78 is 26.4. The van der Waals surface area contributed by atoms with Crippen molar-refractivity contribution in [3.8, 4) is 0 Å². The number of nitrogens with one attached hydrogen (secondary N) is 2. The number of likely N-dealkylation sites (tertiary alicyclic amines) is 1. The highest BCUT2D eigenvalue weighted by molar-refractivity contribution is 5.94. The van der Waals surface area contributed by atoms with Gasteiger partial charge in [0.1, 0.15) is 17.7 Å². The Morgan fingerprint density at radius 3 is 2.68 bits per heavy atom. The van der Waals surface area contributed by atoms with Gasteiger partial charge in [-0.25, -0.2) is 13.6 Å². The summed E-state index contributed by atoms with van der Waals surface area (Å²) in [7, 11) is 0. The second-order valence-electron chi connectivity index (χ2n) is 5.57. The van der Waals surface area contributed by atoms with Gasteiger partial charge >= 0.3 is 6.03 Å². The summed E-state index contributed by atoms with van der Waals surface area (Å²) in [6.45, 7) is 4.10. The lowest BCUT2D eigenvalue weighted by atomic mass is 10.2. The number of rotatable bonds is 3. The first kappa shape index (κ1) is 16.2. The fraction of sp³-hybridized carbons (Fsp3) is 0.467. The SMILES string of the molecule is CC(C)NC(=O)[C@@H]1CCCN1C(=O)Nc1ccc(F)cc1F. The monoisotopic (exact) mass is 311 g/mol. The van der Waals surface area contributed by atoms with Crippen molar-refractivity contribution in [3.63, 3.8) is 0 Å². The third kappa shape index (κ3) is 3.72. The molecule has 1 aromatic carbocycles. The van der Waals surface area contributed by atoms with Crippen LogP contribution in [-0.4, -0.2) is 35.5 Å². The van der Waals surface area contributed by atoms with Crippen molar-refractivity contribution in [3.05, 3.63) is 29.8 Å². The van der Waals surface area contributed by atoms with Gasteiger partial charge in [-0.2, -0.15) is 0 Å². The molecule has 7 heteroatoms. The molecule has 0 unspecified atom stereocenters. The third-order valence-electron chi connectivity index (χ3n) is 3.42. The number of hydrogen-bond donors (Lipinski definition) is 2. The Labute approximate surface area is 127 Å². The second kappa shape index (κ2) is 6.72. The van der Waals surface area contributed by atoms with E-state index in [-0.39, 0.29) is 17.6 Å². The molecule has 0 bridgehead atoms. The van der Waals surface area contributed by atoms with E-state index in [0.717, 1.165) is 12.1 Å². The maximum Gasteiger partial charge on any atom is 0.322 e. The van der Waals surface area contributed by atoms with Crippen molar-refractivity contribution in [2.45, 2.75) is 38.8 Å². The van der Waals surface area contributed by atoms with E-state index in [4.69, 9.17) is 0 Å². The predicted octanol–water partition coefficient (Wildman–Crippen LogP) is 2.49. The fourth-order valence-electron chi connectivity index (χ4n) is 2.44. The lowest BCUT2D eigenvalue weighted by Gasteiger charge is -2.25. The normalized spacial score (nSPS) is 17.7. The topological polar surface area (TPSA) is 61.4 Å². The minimum atomic E-state index is -0.851. The molecule has 2 N–H and O–H groups in total. The second-order valence-corrected chi connectivity index (χ2v) is 5.57. The van der Waals surface area contributed by atoms with Gasteiger partial charge in [-0.15, -0.1) is 0 Å². The molecule has 0 aromatic heterocycles. The highest BCUT2D eigenvalue weighted by atomic mass is 19.1. The van der Waals surface area contributed by atoms with Crippen LogP contribution in [0.1, 0.15) is 26.7 Å². The molecule has 1 aliphatic rings. The average molecular weight is 311 g/mol. The van der Waals surface area contributed by atoms with Crippen LogP contribution in [0.4, 0.5) is 19.3 Å². The predicted molar refractivity (Wildman–Crippen MR) is 78.4 cm³/mol. The van der Waals surface area contributed by atoms with Crippen LogP contribution in [-0.2, 0) is 4.79 Å². The van der Waals surface area contributed by atoms with Gasteiger partial charge in [0, 0.05) is 18.7 Å². The summed E-state index contributed by atoms with van der Waals surface area (Å²) in [5.41, 5.74) is -0.110. The lowest BCUT2D eigenvalue weighted by Crippen LogP contribution is -2.49. The molecule has 0 saturated carbocycles. The van der Waals surface area contributed by atoms with Crippen molar-refractivity contribution in [2.75, 3.05) is 11.9 Å². The van der Waals surface area contributed by atoms with Gasteiger partial charge in [0.25, 0.3) is 0 Å². The molecule has 22 heavy (non-hydrogen) atoms. The number of urea groups is 1.